The van der Waals surface area contributed by atoms with Gasteiger partial charge in [-0.1, -0.05) is 43.3 Å². The second-order valence-electron chi connectivity index (χ2n) is 5.95. The van der Waals surface area contributed by atoms with E-state index < -0.39 is 0 Å². The highest BCUT2D eigenvalue weighted by Crippen LogP contribution is 2.28. The lowest BCUT2D eigenvalue weighted by atomic mass is 10.1. The highest BCUT2D eigenvalue weighted by atomic mass is 16.1. The van der Waals surface area contributed by atoms with Crippen LogP contribution in [-0.4, -0.2) is 22.9 Å². The minimum Gasteiger partial charge on any atom is -0.368 e. The molecule has 2 aromatic heterocycles. The van der Waals surface area contributed by atoms with E-state index in [0.29, 0.717) is 12.4 Å². The molecule has 0 aliphatic heterocycles. The van der Waals surface area contributed by atoms with E-state index in [9.17, 15) is 4.79 Å². The molecule has 3 aromatic rings. The number of amides is 1. The molecule has 0 fully saturated rings. The van der Waals surface area contributed by atoms with Crippen LogP contribution in [0.3, 0.4) is 0 Å². The molecule has 3 rings (SSSR count). The number of nitrogens with one attached hydrogen (secondary N) is 1. The summed E-state index contributed by atoms with van der Waals surface area (Å²) in [5.41, 5.74) is 3.65. The summed E-state index contributed by atoms with van der Waals surface area (Å²) in [4.78, 5) is 22.3. The van der Waals surface area contributed by atoms with Gasteiger partial charge in [0.1, 0.15) is 0 Å². The van der Waals surface area contributed by atoms with Crippen LogP contribution < -0.4 is 10.2 Å². The Bertz CT molecular complexity index is 837. The van der Waals surface area contributed by atoms with Crippen molar-refractivity contribution in [2.24, 2.45) is 0 Å². The molecule has 0 aliphatic carbocycles. The monoisotopic (exact) mass is 346 g/mol. The summed E-state index contributed by atoms with van der Waals surface area (Å²) in [5.74, 6) is 0.712. The van der Waals surface area contributed by atoms with E-state index in [1.54, 1.807) is 17.3 Å². The van der Waals surface area contributed by atoms with E-state index in [-0.39, 0.29) is 0 Å². The van der Waals surface area contributed by atoms with Crippen LogP contribution in [0.15, 0.2) is 67.0 Å². The van der Waals surface area contributed by atoms with E-state index in [0.717, 1.165) is 41.9 Å². The SMILES string of the molecule is CCCNc1nc(-c2ccccc2)ccc1N(C=O)Cc1cccnc1. The van der Waals surface area contributed by atoms with Crippen LogP contribution >= 0.6 is 0 Å². The number of nitrogens with zero attached hydrogens (tertiary/aromatic N) is 3. The third kappa shape index (κ3) is 4.25. The van der Waals surface area contributed by atoms with Gasteiger partial charge in [0.25, 0.3) is 0 Å². The molecule has 5 nitrogen and oxygen atoms in total. The summed E-state index contributed by atoms with van der Waals surface area (Å²) in [6.45, 7) is 3.34. The quantitative estimate of drug-likeness (QED) is 0.623. The van der Waals surface area contributed by atoms with Gasteiger partial charge in [0.05, 0.1) is 17.9 Å². The van der Waals surface area contributed by atoms with Crippen LogP contribution in [0.1, 0.15) is 18.9 Å². The summed E-state index contributed by atoms with van der Waals surface area (Å²) >= 11 is 0. The van der Waals surface area contributed by atoms with Crippen LogP contribution in [0.25, 0.3) is 11.3 Å². The fraction of sp³-hybridized carbons (Fsp3) is 0.190. The van der Waals surface area contributed by atoms with Gasteiger partial charge in [-0.05, 0) is 30.2 Å². The van der Waals surface area contributed by atoms with E-state index in [1.807, 2.05) is 54.6 Å². The maximum absolute atomic E-state index is 11.7. The molecule has 132 valence electrons. The number of hydrogen-bond acceptors (Lipinski definition) is 4. The first-order valence-electron chi connectivity index (χ1n) is 8.73. The maximum atomic E-state index is 11.7. The molecule has 1 N–H and O–H groups in total. The molecule has 2 heterocycles. The summed E-state index contributed by atoms with van der Waals surface area (Å²) in [6.07, 6.45) is 5.30. The standard InChI is InChI=1S/C21H22N4O/c1-2-12-23-21-20(25(16-26)15-17-7-6-13-22-14-17)11-10-19(24-21)18-8-4-3-5-9-18/h3-11,13-14,16H,2,12,15H2,1H3,(H,23,24). The molecule has 0 aliphatic rings. The lowest BCUT2D eigenvalue weighted by molar-refractivity contribution is -0.107. The Hall–Kier alpha value is -3.21. The Balaban J connectivity index is 1.94. The normalized spacial score (nSPS) is 10.3. The van der Waals surface area contributed by atoms with Gasteiger partial charge in [-0.2, -0.15) is 0 Å². The third-order valence-electron chi connectivity index (χ3n) is 4.00. The maximum Gasteiger partial charge on any atom is 0.214 e. The minimum absolute atomic E-state index is 0.449. The van der Waals surface area contributed by atoms with E-state index in [2.05, 4.69) is 17.2 Å². The number of benzene rings is 1. The Kier molecular flexibility index (Phi) is 5.93. The number of carbonyl (C=O) groups is 1. The number of anilines is 2. The van der Waals surface area contributed by atoms with Crippen molar-refractivity contribution in [3.05, 3.63) is 72.6 Å². The predicted molar refractivity (Wildman–Crippen MR) is 105 cm³/mol. The molecule has 0 saturated carbocycles. The van der Waals surface area contributed by atoms with Gasteiger partial charge in [-0.15, -0.1) is 0 Å². The van der Waals surface area contributed by atoms with Crippen molar-refractivity contribution in [2.45, 2.75) is 19.9 Å². The summed E-state index contributed by atoms with van der Waals surface area (Å²) in [6, 6.07) is 17.7. The van der Waals surface area contributed by atoms with Gasteiger partial charge in [0.15, 0.2) is 5.82 Å². The summed E-state index contributed by atoms with van der Waals surface area (Å²) in [5, 5.41) is 3.35. The zero-order valence-electron chi connectivity index (χ0n) is 14.8. The smallest absolute Gasteiger partial charge is 0.214 e. The fourth-order valence-electron chi connectivity index (χ4n) is 2.69. The van der Waals surface area contributed by atoms with Crippen molar-refractivity contribution < 1.29 is 4.79 Å². The molecule has 0 saturated heterocycles. The lowest BCUT2D eigenvalue weighted by Gasteiger charge is -2.21. The molecule has 1 amide bonds. The second-order valence-corrected chi connectivity index (χ2v) is 5.95. The first-order chi connectivity index (χ1) is 12.8. The topological polar surface area (TPSA) is 58.1 Å². The molecule has 0 spiro atoms. The van der Waals surface area contributed by atoms with Crippen LogP contribution in [0.5, 0.6) is 0 Å². The van der Waals surface area contributed by atoms with Crippen molar-refractivity contribution in [1.82, 2.24) is 9.97 Å². The molecular weight excluding hydrogens is 324 g/mol. The first kappa shape index (κ1) is 17.6. The van der Waals surface area contributed by atoms with E-state index >= 15 is 0 Å². The van der Waals surface area contributed by atoms with Crippen LogP contribution in [0, 0.1) is 0 Å². The predicted octanol–water partition coefficient (Wildman–Crippen LogP) is 4.13. The zero-order chi connectivity index (χ0) is 18.2. The number of rotatable bonds is 8. The van der Waals surface area contributed by atoms with E-state index in [1.165, 1.54) is 0 Å². The molecule has 0 atom stereocenters. The van der Waals surface area contributed by atoms with Crippen molar-refractivity contribution in [1.29, 1.82) is 0 Å². The van der Waals surface area contributed by atoms with E-state index in [4.69, 9.17) is 4.98 Å². The van der Waals surface area contributed by atoms with Gasteiger partial charge < -0.3 is 10.2 Å². The molecule has 0 radical (unpaired) electrons. The van der Waals surface area contributed by atoms with Crippen molar-refractivity contribution in [3.8, 4) is 11.3 Å². The Morgan fingerprint density at radius 3 is 2.62 bits per heavy atom. The highest BCUT2D eigenvalue weighted by Gasteiger charge is 2.14. The van der Waals surface area contributed by atoms with Crippen molar-refractivity contribution in [2.75, 3.05) is 16.8 Å². The first-order valence-corrected chi connectivity index (χ1v) is 8.73. The van der Waals surface area contributed by atoms with Gasteiger partial charge in [0, 0.05) is 24.5 Å². The highest BCUT2D eigenvalue weighted by molar-refractivity contribution is 5.83. The molecule has 26 heavy (non-hydrogen) atoms. The molecule has 0 bridgehead atoms. The molecule has 1 aromatic carbocycles. The number of pyridine rings is 2. The van der Waals surface area contributed by atoms with Crippen LogP contribution in [-0.2, 0) is 11.3 Å². The summed E-state index contributed by atoms with van der Waals surface area (Å²) in [7, 11) is 0. The zero-order valence-corrected chi connectivity index (χ0v) is 14.8. The summed E-state index contributed by atoms with van der Waals surface area (Å²) < 4.78 is 0. The Morgan fingerprint density at radius 2 is 1.92 bits per heavy atom. The van der Waals surface area contributed by atoms with Gasteiger partial charge in [-0.3, -0.25) is 9.78 Å². The van der Waals surface area contributed by atoms with Crippen LogP contribution in [0.4, 0.5) is 11.5 Å². The van der Waals surface area contributed by atoms with Gasteiger partial charge in [-0.25, -0.2) is 4.98 Å². The average molecular weight is 346 g/mol. The molecule has 5 heteroatoms. The average Bonchev–Trinajstić information content (AvgIpc) is 2.72. The van der Waals surface area contributed by atoms with Crippen LogP contribution in [0.2, 0.25) is 0 Å². The van der Waals surface area contributed by atoms with Gasteiger partial charge in [0.2, 0.25) is 6.41 Å². The minimum atomic E-state index is 0.449. The van der Waals surface area contributed by atoms with Crippen molar-refractivity contribution >= 4 is 17.9 Å². The van der Waals surface area contributed by atoms with Crippen molar-refractivity contribution in [3.63, 3.8) is 0 Å². The Labute approximate surface area is 153 Å². The number of aromatic nitrogens is 2. The number of hydrogen-bond donors (Lipinski definition) is 1. The largest absolute Gasteiger partial charge is 0.368 e. The fourth-order valence-corrected chi connectivity index (χ4v) is 2.69. The number of carbonyl (C=O) groups excluding carboxylic acids is 1. The molecule has 0 unspecified atom stereocenters. The molecular formula is C21H22N4O. The van der Waals surface area contributed by atoms with Gasteiger partial charge >= 0.3 is 0 Å². The third-order valence-corrected chi connectivity index (χ3v) is 4.00. The Morgan fingerprint density at radius 1 is 1.08 bits per heavy atom. The second kappa shape index (κ2) is 8.76. The lowest BCUT2D eigenvalue weighted by Crippen LogP contribution is -2.22.